The van der Waals surface area contributed by atoms with Gasteiger partial charge in [0, 0.05) is 36.1 Å². The number of rotatable bonds is 9. The van der Waals surface area contributed by atoms with Crippen molar-refractivity contribution in [1.29, 1.82) is 0 Å². The van der Waals surface area contributed by atoms with Crippen LogP contribution in [0.15, 0.2) is 30.6 Å². The smallest absolute Gasteiger partial charge is 0.419 e. The monoisotopic (exact) mass is 654 g/mol. The lowest BCUT2D eigenvalue weighted by Gasteiger charge is -2.33. The minimum Gasteiger partial charge on any atom is -0.481 e. The standard InChI is InChI=1S/C29H31F5N6O4S/c1-16-4-2-3-9-40(16)15-22-24(18-5-6-21(44-27(30)31)19(12-18)29(32,33)34)37-28(45-22)38-25(41)20-13-36-23(14-35-20)39-10-7-17(8-11-39)26(42)43/h5-6,12-14,16-17,27H,2-4,7-11,15H2,1H3,(H,42,43)(H,37,38,41). The Morgan fingerprint density at radius 1 is 1.11 bits per heavy atom. The molecule has 2 fully saturated rings. The molecular weight excluding hydrogens is 623 g/mol. The van der Waals surface area contributed by atoms with E-state index >= 15 is 0 Å². The second-order valence-corrected chi connectivity index (χ2v) is 12.1. The fourth-order valence-electron chi connectivity index (χ4n) is 5.53. The number of benzene rings is 1. The third-order valence-electron chi connectivity index (χ3n) is 8.02. The van der Waals surface area contributed by atoms with E-state index in [1.165, 1.54) is 18.5 Å². The van der Waals surface area contributed by atoms with E-state index < -0.39 is 41.9 Å². The molecule has 242 valence electrons. The highest BCUT2D eigenvalue weighted by molar-refractivity contribution is 7.16. The van der Waals surface area contributed by atoms with Gasteiger partial charge in [-0.25, -0.2) is 15.0 Å². The lowest BCUT2D eigenvalue weighted by molar-refractivity contribution is -0.143. The normalized spacial score (nSPS) is 18.3. The summed E-state index contributed by atoms with van der Waals surface area (Å²) in [5.41, 5.74) is -1.15. The Morgan fingerprint density at radius 3 is 2.49 bits per heavy atom. The molecule has 2 saturated heterocycles. The number of nitrogens with one attached hydrogen (secondary N) is 1. The van der Waals surface area contributed by atoms with Gasteiger partial charge in [-0.1, -0.05) is 17.8 Å². The molecule has 0 radical (unpaired) electrons. The van der Waals surface area contributed by atoms with Crippen molar-refractivity contribution in [3.63, 3.8) is 0 Å². The summed E-state index contributed by atoms with van der Waals surface area (Å²) < 4.78 is 71.3. The zero-order valence-electron chi connectivity index (χ0n) is 24.2. The summed E-state index contributed by atoms with van der Waals surface area (Å²) in [4.78, 5) is 41.9. The van der Waals surface area contributed by atoms with Gasteiger partial charge >= 0.3 is 18.8 Å². The maximum Gasteiger partial charge on any atom is 0.419 e. The Bertz CT molecular complexity index is 1510. The number of thiazole rings is 1. The molecule has 2 aliphatic heterocycles. The number of aliphatic carboxylic acids is 1. The first-order valence-corrected chi connectivity index (χ1v) is 15.2. The Morgan fingerprint density at radius 2 is 1.87 bits per heavy atom. The number of likely N-dealkylation sites (tertiary alicyclic amines) is 1. The number of halogens is 5. The van der Waals surface area contributed by atoms with Crippen molar-refractivity contribution in [3.05, 3.63) is 46.7 Å². The zero-order valence-corrected chi connectivity index (χ0v) is 25.0. The quantitative estimate of drug-likeness (QED) is 0.262. The van der Waals surface area contributed by atoms with E-state index in [0.29, 0.717) is 43.2 Å². The Labute approximate surface area is 259 Å². The number of hydrogen-bond donors (Lipinski definition) is 2. The molecule has 4 heterocycles. The third-order valence-corrected chi connectivity index (χ3v) is 8.97. The van der Waals surface area contributed by atoms with E-state index in [-0.39, 0.29) is 28.1 Å². The van der Waals surface area contributed by atoms with Crippen molar-refractivity contribution >= 4 is 34.2 Å². The zero-order chi connectivity index (χ0) is 32.3. The summed E-state index contributed by atoms with van der Waals surface area (Å²) in [6, 6.07) is 3.03. The number of carboxylic acids is 1. The van der Waals surface area contributed by atoms with Crippen LogP contribution < -0.4 is 15.0 Å². The SMILES string of the molecule is CC1CCCCN1Cc1sc(NC(=O)c2cnc(N3CCC(C(=O)O)CC3)cn2)nc1-c1ccc(OC(F)F)c(C(F)(F)F)c1. The number of hydrogen-bond acceptors (Lipinski definition) is 9. The van der Waals surface area contributed by atoms with Gasteiger partial charge in [-0.15, -0.1) is 0 Å². The summed E-state index contributed by atoms with van der Waals surface area (Å²) in [5, 5.41) is 12.0. The van der Waals surface area contributed by atoms with Crippen LogP contribution in [0.5, 0.6) is 5.75 Å². The predicted octanol–water partition coefficient (Wildman–Crippen LogP) is 6.15. The molecule has 0 saturated carbocycles. The number of piperidine rings is 2. The maximum absolute atomic E-state index is 13.8. The molecule has 3 aromatic rings. The average Bonchev–Trinajstić information content (AvgIpc) is 3.39. The molecule has 5 rings (SSSR count). The fraction of sp³-hybridized carbons (Fsp3) is 0.483. The Hall–Kier alpha value is -3.92. The van der Waals surface area contributed by atoms with Gasteiger partial charge in [0.2, 0.25) is 0 Å². The van der Waals surface area contributed by atoms with Gasteiger partial charge in [-0.2, -0.15) is 22.0 Å². The highest BCUT2D eigenvalue weighted by Crippen LogP contribution is 2.41. The van der Waals surface area contributed by atoms with Crippen molar-refractivity contribution in [3.8, 4) is 17.0 Å². The first kappa shape index (κ1) is 32.5. The van der Waals surface area contributed by atoms with Gasteiger partial charge in [0.05, 0.1) is 29.6 Å². The highest BCUT2D eigenvalue weighted by Gasteiger charge is 2.36. The van der Waals surface area contributed by atoms with Crippen LogP contribution in [0.2, 0.25) is 0 Å². The van der Waals surface area contributed by atoms with Crippen molar-refractivity contribution in [2.24, 2.45) is 5.92 Å². The van der Waals surface area contributed by atoms with E-state index in [1.54, 1.807) is 0 Å². The van der Waals surface area contributed by atoms with E-state index in [4.69, 9.17) is 0 Å². The first-order valence-electron chi connectivity index (χ1n) is 14.4. The van der Waals surface area contributed by atoms with Gasteiger partial charge in [0.25, 0.3) is 5.91 Å². The number of carboxylic acid groups (broad SMARTS) is 1. The molecule has 16 heteroatoms. The summed E-state index contributed by atoms with van der Waals surface area (Å²) in [6.07, 6.45) is 1.67. The molecule has 2 N–H and O–H groups in total. The van der Waals surface area contributed by atoms with Gasteiger partial charge in [-0.05, 0) is 57.4 Å². The van der Waals surface area contributed by atoms with Crippen molar-refractivity contribution in [2.75, 3.05) is 29.9 Å². The molecule has 1 amide bonds. The van der Waals surface area contributed by atoms with Crippen LogP contribution >= 0.6 is 11.3 Å². The summed E-state index contributed by atoms with van der Waals surface area (Å²) in [7, 11) is 0. The molecule has 1 atom stereocenters. The van der Waals surface area contributed by atoms with Crippen LogP contribution in [0.4, 0.5) is 32.9 Å². The molecule has 0 spiro atoms. The van der Waals surface area contributed by atoms with E-state index in [0.717, 1.165) is 49.3 Å². The van der Waals surface area contributed by atoms with Crippen molar-refractivity contribution in [2.45, 2.75) is 64.4 Å². The maximum atomic E-state index is 13.8. The van der Waals surface area contributed by atoms with Gasteiger partial charge < -0.3 is 14.7 Å². The van der Waals surface area contributed by atoms with Gasteiger partial charge in [0.1, 0.15) is 17.3 Å². The topological polar surface area (TPSA) is 121 Å². The summed E-state index contributed by atoms with van der Waals surface area (Å²) in [5.74, 6) is -2.36. The van der Waals surface area contributed by atoms with Crippen LogP contribution in [-0.2, 0) is 17.5 Å². The van der Waals surface area contributed by atoms with Crippen LogP contribution in [0.1, 0.15) is 60.0 Å². The number of alkyl halides is 5. The minimum atomic E-state index is -4.97. The fourth-order valence-corrected chi connectivity index (χ4v) is 6.54. The molecule has 0 aliphatic carbocycles. The van der Waals surface area contributed by atoms with E-state index in [2.05, 4.69) is 36.8 Å². The number of nitrogens with zero attached hydrogens (tertiary/aromatic N) is 5. The number of carbonyl (C=O) groups is 2. The Kier molecular flexibility index (Phi) is 9.82. The largest absolute Gasteiger partial charge is 0.481 e. The molecule has 1 aromatic carbocycles. The molecule has 2 aliphatic rings. The van der Waals surface area contributed by atoms with Crippen LogP contribution in [-0.4, -0.2) is 69.1 Å². The van der Waals surface area contributed by atoms with Crippen LogP contribution in [0.25, 0.3) is 11.3 Å². The number of ether oxygens (including phenoxy) is 1. The molecule has 10 nitrogen and oxygen atoms in total. The number of amides is 1. The van der Waals surface area contributed by atoms with Crippen molar-refractivity contribution < 1.29 is 41.4 Å². The lowest BCUT2D eigenvalue weighted by atomic mass is 9.97. The third kappa shape index (κ3) is 7.84. The minimum absolute atomic E-state index is 0.0185. The van der Waals surface area contributed by atoms with E-state index in [9.17, 15) is 36.6 Å². The lowest BCUT2D eigenvalue weighted by Crippen LogP contribution is -2.36. The highest BCUT2D eigenvalue weighted by atomic mass is 32.1. The first-order chi connectivity index (χ1) is 21.4. The molecule has 2 aromatic heterocycles. The second-order valence-electron chi connectivity index (χ2n) is 11.0. The number of carbonyl (C=O) groups excluding carboxylic acids is 1. The van der Waals surface area contributed by atoms with Gasteiger partial charge in [0.15, 0.2) is 5.13 Å². The average molecular weight is 655 g/mol. The number of aromatic nitrogens is 3. The summed E-state index contributed by atoms with van der Waals surface area (Å²) in [6.45, 7) is 0.762. The van der Waals surface area contributed by atoms with Crippen molar-refractivity contribution in [1.82, 2.24) is 19.9 Å². The summed E-state index contributed by atoms with van der Waals surface area (Å²) >= 11 is 1.11. The predicted molar refractivity (Wildman–Crippen MR) is 155 cm³/mol. The van der Waals surface area contributed by atoms with Gasteiger partial charge in [-0.3, -0.25) is 19.8 Å². The molecule has 0 bridgehead atoms. The van der Waals surface area contributed by atoms with Crippen LogP contribution in [0, 0.1) is 5.92 Å². The molecule has 1 unspecified atom stereocenters. The number of anilines is 2. The molecular formula is C29H31F5N6O4S. The van der Waals surface area contributed by atoms with Crippen LogP contribution in [0.3, 0.4) is 0 Å². The Balaban J connectivity index is 1.39. The second kappa shape index (κ2) is 13.6. The molecule has 45 heavy (non-hydrogen) atoms. The van der Waals surface area contributed by atoms with E-state index in [1.807, 2.05) is 4.90 Å².